The van der Waals surface area contributed by atoms with Crippen molar-refractivity contribution in [3.05, 3.63) is 17.0 Å². The normalized spacial score (nSPS) is 22.3. The first-order valence-electron chi connectivity index (χ1n) is 6.94. The van der Waals surface area contributed by atoms with Gasteiger partial charge in [0.1, 0.15) is 5.00 Å². The summed E-state index contributed by atoms with van der Waals surface area (Å²) in [6.45, 7) is 2.07. The van der Waals surface area contributed by atoms with Gasteiger partial charge in [-0.3, -0.25) is 4.79 Å². The van der Waals surface area contributed by atoms with Crippen molar-refractivity contribution in [2.45, 2.75) is 38.6 Å². The van der Waals surface area contributed by atoms with Gasteiger partial charge in [0, 0.05) is 6.04 Å². The summed E-state index contributed by atoms with van der Waals surface area (Å²) in [5.41, 5.74) is 6.42. The van der Waals surface area contributed by atoms with Crippen LogP contribution in [0.15, 0.2) is 11.4 Å². The molecule has 1 amide bonds. The number of rotatable bonds is 4. The highest BCUT2D eigenvalue weighted by atomic mass is 32.1. The van der Waals surface area contributed by atoms with Crippen LogP contribution in [-0.2, 0) is 9.53 Å². The third-order valence-corrected chi connectivity index (χ3v) is 4.38. The van der Waals surface area contributed by atoms with E-state index in [9.17, 15) is 9.59 Å². The number of hydrogen-bond donors (Lipinski definition) is 2. The molecular weight excluding hydrogens is 276 g/mol. The number of thiophene rings is 1. The highest BCUT2D eigenvalue weighted by Gasteiger charge is 2.29. The molecule has 20 heavy (non-hydrogen) atoms. The predicted octanol–water partition coefficient (Wildman–Crippen LogP) is 2.38. The second-order valence-electron chi connectivity index (χ2n) is 4.93. The van der Waals surface area contributed by atoms with Crippen LogP contribution in [0.4, 0.5) is 5.00 Å². The van der Waals surface area contributed by atoms with Gasteiger partial charge in [-0.25, -0.2) is 4.79 Å². The number of nitrogens with one attached hydrogen (secondary N) is 1. The first-order chi connectivity index (χ1) is 9.63. The molecular formula is C14H20N2O3S. The van der Waals surface area contributed by atoms with Crippen molar-refractivity contribution in [1.82, 2.24) is 0 Å². The Bertz CT molecular complexity index is 487. The molecule has 1 heterocycles. The topological polar surface area (TPSA) is 81.4 Å². The highest BCUT2D eigenvalue weighted by Crippen LogP contribution is 2.28. The zero-order valence-corrected chi connectivity index (χ0v) is 12.4. The van der Waals surface area contributed by atoms with Gasteiger partial charge in [0.25, 0.3) is 0 Å². The molecule has 1 aliphatic carbocycles. The number of anilines is 1. The fourth-order valence-electron chi connectivity index (χ4n) is 2.47. The first kappa shape index (κ1) is 15.0. The molecule has 0 aliphatic heterocycles. The van der Waals surface area contributed by atoms with E-state index in [0.717, 1.165) is 25.7 Å². The van der Waals surface area contributed by atoms with Gasteiger partial charge >= 0.3 is 5.97 Å². The average Bonchev–Trinajstić information content (AvgIpc) is 2.87. The minimum absolute atomic E-state index is 0.0882. The van der Waals surface area contributed by atoms with Crippen molar-refractivity contribution in [2.24, 2.45) is 11.7 Å². The lowest BCUT2D eigenvalue weighted by Crippen LogP contribution is -2.40. The molecule has 6 heteroatoms. The summed E-state index contributed by atoms with van der Waals surface area (Å²) in [4.78, 5) is 24.0. The summed E-state index contributed by atoms with van der Waals surface area (Å²) in [5, 5.41) is 5.14. The van der Waals surface area contributed by atoms with E-state index in [1.807, 2.05) is 0 Å². The van der Waals surface area contributed by atoms with Crippen molar-refractivity contribution in [2.75, 3.05) is 11.9 Å². The second-order valence-corrected chi connectivity index (χ2v) is 5.84. The summed E-state index contributed by atoms with van der Waals surface area (Å²) in [6.07, 6.45) is 3.80. The lowest BCUT2D eigenvalue weighted by Gasteiger charge is -2.27. The fraction of sp³-hybridized carbons (Fsp3) is 0.571. The van der Waals surface area contributed by atoms with E-state index in [0.29, 0.717) is 17.2 Å². The van der Waals surface area contributed by atoms with Crippen LogP contribution in [0, 0.1) is 5.92 Å². The molecule has 0 bridgehead atoms. The molecule has 2 unspecified atom stereocenters. The number of hydrogen-bond acceptors (Lipinski definition) is 5. The second kappa shape index (κ2) is 6.85. The number of amides is 1. The van der Waals surface area contributed by atoms with Crippen molar-refractivity contribution in [1.29, 1.82) is 0 Å². The SMILES string of the molecule is CCOC(=O)c1ccsc1NC(=O)C1CCCCC1N. The molecule has 0 radical (unpaired) electrons. The van der Waals surface area contributed by atoms with Crippen LogP contribution < -0.4 is 11.1 Å². The van der Waals surface area contributed by atoms with Gasteiger partial charge in [-0.05, 0) is 31.2 Å². The van der Waals surface area contributed by atoms with Gasteiger partial charge in [-0.2, -0.15) is 0 Å². The number of ether oxygens (including phenoxy) is 1. The zero-order valence-electron chi connectivity index (χ0n) is 11.6. The molecule has 1 saturated carbocycles. The molecule has 0 aromatic carbocycles. The molecule has 1 fully saturated rings. The lowest BCUT2D eigenvalue weighted by molar-refractivity contribution is -0.121. The smallest absolute Gasteiger partial charge is 0.341 e. The zero-order chi connectivity index (χ0) is 14.5. The lowest BCUT2D eigenvalue weighted by atomic mass is 9.84. The quantitative estimate of drug-likeness (QED) is 0.836. The number of nitrogens with two attached hydrogens (primary N) is 1. The van der Waals surface area contributed by atoms with Crippen LogP contribution in [0.1, 0.15) is 43.0 Å². The van der Waals surface area contributed by atoms with Gasteiger partial charge in [-0.15, -0.1) is 11.3 Å². The Hall–Kier alpha value is -1.40. The van der Waals surface area contributed by atoms with E-state index >= 15 is 0 Å². The van der Waals surface area contributed by atoms with Gasteiger partial charge < -0.3 is 15.8 Å². The van der Waals surface area contributed by atoms with Crippen LogP contribution in [0.5, 0.6) is 0 Å². The van der Waals surface area contributed by atoms with Crippen molar-refractivity contribution >= 4 is 28.2 Å². The van der Waals surface area contributed by atoms with Crippen molar-refractivity contribution in [3.63, 3.8) is 0 Å². The molecule has 110 valence electrons. The number of carbonyl (C=O) groups is 2. The van der Waals surface area contributed by atoms with Crippen LogP contribution in [0.25, 0.3) is 0 Å². The van der Waals surface area contributed by atoms with Crippen LogP contribution in [0.2, 0.25) is 0 Å². The third kappa shape index (κ3) is 3.37. The van der Waals surface area contributed by atoms with E-state index in [4.69, 9.17) is 10.5 Å². The maximum atomic E-state index is 12.3. The van der Waals surface area contributed by atoms with Gasteiger partial charge in [0.05, 0.1) is 18.1 Å². The van der Waals surface area contributed by atoms with Crippen LogP contribution in [-0.4, -0.2) is 24.5 Å². The fourth-order valence-corrected chi connectivity index (χ4v) is 3.24. The van der Waals surface area contributed by atoms with Crippen LogP contribution >= 0.6 is 11.3 Å². The maximum absolute atomic E-state index is 12.3. The summed E-state index contributed by atoms with van der Waals surface area (Å²) in [6, 6.07) is 1.58. The molecule has 3 N–H and O–H groups in total. The molecule has 5 nitrogen and oxygen atoms in total. The standard InChI is InChI=1S/C14H20N2O3S/c1-2-19-14(18)10-7-8-20-13(10)16-12(17)9-5-3-4-6-11(9)15/h7-9,11H,2-6,15H2,1H3,(H,16,17). The summed E-state index contributed by atoms with van der Waals surface area (Å²) >= 11 is 1.32. The summed E-state index contributed by atoms with van der Waals surface area (Å²) in [7, 11) is 0. The van der Waals surface area contributed by atoms with E-state index in [1.165, 1.54) is 11.3 Å². The first-order valence-corrected chi connectivity index (χ1v) is 7.82. The Morgan fingerprint density at radius 2 is 2.20 bits per heavy atom. The third-order valence-electron chi connectivity index (χ3n) is 3.55. The van der Waals surface area contributed by atoms with Crippen molar-refractivity contribution in [3.8, 4) is 0 Å². The van der Waals surface area contributed by atoms with E-state index in [2.05, 4.69) is 5.32 Å². The molecule has 1 aromatic heterocycles. The van der Waals surface area contributed by atoms with Gasteiger partial charge in [0.2, 0.25) is 5.91 Å². The average molecular weight is 296 g/mol. The monoisotopic (exact) mass is 296 g/mol. The van der Waals surface area contributed by atoms with Gasteiger partial charge in [0.15, 0.2) is 0 Å². The number of carbonyl (C=O) groups excluding carboxylic acids is 2. The Balaban J connectivity index is 2.04. The Labute approximate surface area is 122 Å². The molecule has 0 spiro atoms. The summed E-state index contributed by atoms with van der Waals surface area (Å²) in [5.74, 6) is -0.664. The maximum Gasteiger partial charge on any atom is 0.341 e. The van der Waals surface area contributed by atoms with E-state index in [1.54, 1.807) is 18.4 Å². The Morgan fingerprint density at radius 1 is 1.45 bits per heavy atom. The highest BCUT2D eigenvalue weighted by molar-refractivity contribution is 7.14. The van der Waals surface area contributed by atoms with Crippen LogP contribution in [0.3, 0.4) is 0 Å². The Kier molecular flexibility index (Phi) is 5.14. The van der Waals surface area contributed by atoms with Gasteiger partial charge in [-0.1, -0.05) is 12.8 Å². The molecule has 2 atom stereocenters. The predicted molar refractivity (Wildman–Crippen MR) is 78.8 cm³/mol. The molecule has 1 aromatic rings. The molecule has 1 aliphatic rings. The Morgan fingerprint density at radius 3 is 2.90 bits per heavy atom. The van der Waals surface area contributed by atoms with E-state index < -0.39 is 5.97 Å². The summed E-state index contributed by atoms with van der Waals surface area (Å²) < 4.78 is 4.97. The molecule has 2 rings (SSSR count). The number of esters is 1. The van der Waals surface area contributed by atoms with Crippen molar-refractivity contribution < 1.29 is 14.3 Å². The van der Waals surface area contributed by atoms with E-state index in [-0.39, 0.29) is 17.9 Å². The minimum Gasteiger partial charge on any atom is -0.462 e. The minimum atomic E-state index is -0.406. The molecule has 0 saturated heterocycles. The largest absolute Gasteiger partial charge is 0.462 e.